The molecule has 2 fully saturated rings. The minimum Gasteiger partial charge on any atom is -0.346 e. The molecular weight excluding hydrogens is 408 g/mol. The van der Waals surface area contributed by atoms with E-state index in [1.165, 1.54) is 6.08 Å². The minimum atomic E-state index is -1.05. The monoisotopic (exact) mass is 444 g/mol. The van der Waals surface area contributed by atoms with Crippen LogP contribution in [0.1, 0.15) is 64.7 Å². The van der Waals surface area contributed by atoms with E-state index in [4.69, 9.17) is 12.2 Å². The average Bonchev–Trinajstić information content (AvgIpc) is 3.29. The zero-order valence-corrected chi connectivity index (χ0v) is 19.0. The number of hydrogen-bond donors (Lipinski definition) is 3. The van der Waals surface area contributed by atoms with Crippen LogP contribution in [0.25, 0.3) is 0 Å². The van der Waals surface area contributed by atoms with E-state index >= 15 is 0 Å². The number of carbonyl (C=O) groups excluding carboxylic acids is 4. The number of carbonyl (C=O) groups is 4. The van der Waals surface area contributed by atoms with E-state index in [1.807, 2.05) is 0 Å². The van der Waals surface area contributed by atoms with E-state index in [2.05, 4.69) is 30.1 Å². The Morgan fingerprint density at radius 1 is 1.25 bits per heavy atom. The molecule has 0 aromatic carbocycles. The maximum absolute atomic E-state index is 13.2. The predicted molar refractivity (Wildman–Crippen MR) is 122 cm³/mol. The van der Waals surface area contributed by atoms with E-state index < -0.39 is 35.7 Å². The second-order valence-corrected chi connectivity index (χ2v) is 9.05. The Morgan fingerprint density at radius 3 is 2.56 bits per heavy atom. The van der Waals surface area contributed by atoms with Gasteiger partial charge >= 0.3 is 0 Å². The fraction of sp³-hybridized carbons (Fsp3) is 0.667. The van der Waals surface area contributed by atoms with Gasteiger partial charge < -0.3 is 21.3 Å². The van der Waals surface area contributed by atoms with Gasteiger partial charge in [-0.1, -0.05) is 32.3 Å². The molecule has 0 bridgehead atoms. The van der Waals surface area contributed by atoms with Gasteiger partial charge in [0, 0.05) is 19.5 Å². The van der Waals surface area contributed by atoms with Crippen LogP contribution in [0.4, 0.5) is 0 Å². The summed E-state index contributed by atoms with van der Waals surface area (Å²) >= 11 is 0. The second-order valence-electron chi connectivity index (χ2n) is 9.05. The van der Waals surface area contributed by atoms with Crippen molar-refractivity contribution in [3.63, 3.8) is 0 Å². The van der Waals surface area contributed by atoms with Crippen LogP contribution in [0.15, 0.2) is 12.7 Å². The Hall–Kier alpha value is -2.66. The van der Waals surface area contributed by atoms with E-state index in [0.29, 0.717) is 19.4 Å². The van der Waals surface area contributed by atoms with E-state index in [9.17, 15) is 19.2 Å². The van der Waals surface area contributed by atoms with Gasteiger partial charge in [0.2, 0.25) is 17.6 Å². The molecule has 1 saturated carbocycles. The maximum Gasteiger partial charge on any atom is 0.289 e. The number of nitrogens with one attached hydrogen (secondary N) is 2. The van der Waals surface area contributed by atoms with Crippen molar-refractivity contribution in [3.05, 3.63) is 12.7 Å². The lowest BCUT2D eigenvalue weighted by atomic mass is 9.70. The largest absolute Gasteiger partial charge is 0.346 e. The van der Waals surface area contributed by atoms with Crippen molar-refractivity contribution in [2.75, 3.05) is 13.1 Å². The van der Waals surface area contributed by atoms with Crippen LogP contribution in [-0.4, -0.2) is 59.6 Å². The lowest BCUT2D eigenvalue weighted by molar-refractivity contribution is -0.144. The molecule has 3 amide bonds. The van der Waals surface area contributed by atoms with Crippen molar-refractivity contribution in [1.82, 2.24) is 15.5 Å². The standard InChI is InChI=1S/C24H36N4O4/c1-4-6-11-17(19(29)22(31)26-15-5-2)27-21(30)18-12-10-16-28(18)23(32)20(25)24(3)13-8-7-9-14-24/h1,5,17-18,20H,2,6-16,25H2,3H3,(H,26,31)(H,27,30)/t17?,18-,20+/m0/s1. The molecule has 0 aromatic heterocycles. The Morgan fingerprint density at radius 2 is 1.94 bits per heavy atom. The molecule has 0 radical (unpaired) electrons. The third-order valence-electron chi connectivity index (χ3n) is 6.69. The molecule has 1 aliphatic carbocycles. The van der Waals surface area contributed by atoms with Crippen LogP contribution < -0.4 is 16.4 Å². The molecule has 1 aliphatic heterocycles. The molecule has 1 unspecified atom stereocenters. The Labute approximate surface area is 190 Å². The van der Waals surface area contributed by atoms with Crippen molar-refractivity contribution in [1.29, 1.82) is 0 Å². The first kappa shape index (κ1) is 25.6. The van der Waals surface area contributed by atoms with Crippen molar-refractivity contribution < 1.29 is 19.2 Å². The van der Waals surface area contributed by atoms with Gasteiger partial charge in [-0.15, -0.1) is 18.9 Å². The van der Waals surface area contributed by atoms with E-state index in [0.717, 1.165) is 32.1 Å². The molecule has 32 heavy (non-hydrogen) atoms. The number of rotatable bonds is 10. The highest BCUT2D eigenvalue weighted by Gasteiger charge is 2.43. The first-order valence-electron chi connectivity index (χ1n) is 11.5. The molecule has 2 aliphatic rings. The van der Waals surface area contributed by atoms with Gasteiger partial charge in [-0.3, -0.25) is 19.2 Å². The number of hydrogen-bond acceptors (Lipinski definition) is 5. The summed E-state index contributed by atoms with van der Waals surface area (Å²) in [5.41, 5.74) is 6.14. The third-order valence-corrected chi connectivity index (χ3v) is 6.69. The summed E-state index contributed by atoms with van der Waals surface area (Å²) in [6.45, 7) is 6.14. The zero-order valence-electron chi connectivity index (χ0n) is 19.0. The Balaban J connectivity index is 2.08. The number of nitrogens with two attached hydrogens (primary N) is 1. The Bertz CT molecular complexity index is 766. The maximum atomic E-state index is 13.2. The summed E-state index contributed by atoms with van der Waals surface area (Å²) in [6.07, 6.45) is 13.3. The van der Waals surface area contributed by atoms with Gasteiger partial charge in [-0.05, 0) is 37.5 Å². The predicted octanol–water partition coefficient (Wildman–Crippen LogP) is 1.04. The van der Waals surface area contributed by atoms with Gasteiger partial charge in [0.15, 0.2) is 0 Å². The van der Waals surface area contributed by atoms with Crippen molar-refractivity contribution in [2.24, 2.45) is 11.1 Å². The Kier molecular flexibility index (Phi) is 9.45. The summed E-state index contributed by atoms with van der Waals surface area (Å²) in [6, 6.07) is -2.43. The van der Waals surface area contributed by atoms with Gasteiger partial charge in [0.05, 0.1) is 12.1 Å². The molecule has 1 saturated heterocycles. The summed E-state index contributed by atoms with van der Waals surface area (Å²) in [5.74, 6) is 0.180. The second kappa shape index (κ2) is 11.8. The number of terminal acetylenes is 1. The molecule has 1 heterocycles. The summed E-state index contributed by atoms with van der Waals surface area (Å²) in [7, 11) is 0. The summed E-state index contributed by atoms with van der Waals surface area (Å²) in [4.78, 5) is 52.5. The highest BCUT2D eigenvalue weighted by molar-refractivity contribution is 6.38. The molecule has 4 N–H and O–H groups in total. The molecular formula is C24H36N4O4. The van der Waals surface area contributed by atoms with Crippen LogP contribution in [-0.2, 0) is 19.2 Å². The van der Waals surface area contributed by atoms with Crippen LogP contribution in [0, 0.1) is 17.8 Å². The SMILES string of the molecule is C#CCCC(NC(=O)[C@@H]1CCCN1C(=O)[C@@H](N)C1(C)CCCCC1)C(=O)C(=O)NCC=C. The third kappa shape index (κ3) is 6.19. The number of likely N-dealkylation sites (tertiary alicyclic amines) is 1. The summed E-state index contributed by atoms with van der Waals surface area (Å²) < 4.78 is 0. The van der Waals surface area contributed by atoms with E-state index in [-0.39, 0.29) is 30.7 Å². The van der Waals surface area contributed by atoms with Crippen LogP contribution in [0.5, 0.6) is 0 Å². The van der Waals surface area contributed by atoms with Gasteiger partial charge in [-0.25, -0.2) is 0 Å². The fourth-order valence-corrected chi connectivity index (χ4v) is 4.62. The molecule has 3 atom stereocenters. The number of nitrogens with zero attached hydrogens (tertiary/aromatic N) is 1. The average molecular weight is 445 g/mol. The molecule has 0 aromatic rings. The van der Waals surface area contributed by atoms with E-state index in [1.54, 1.807) is 4.90 Å². The fourth-order valence-electron chi connectivity index (χ4n) is 4.62. The lowest BCUT2D eigenvalue weighted by Crippen LogP contribution is -2.58. The molecule has 2 rings (SSSR count). The minimum absolute atomic E-state index is 0.140. The number of Topliss-reactive ketones (excluding diaryl/α,β-unsaturated/α-hetero) is 1. The smallest absolute Gasteiger partial charge is 0.289 e. The van der Waals surface area contributed by atoms with Crippen molar-refractivity contribution in [3.8, 4) is 12.3 Å². The first-order valence-corrected chi connectivity index (χ1v) is 11.5. The molecule has 8 heteroatoms. The molecule has 0 spiro atoms. The summed E-state index contributed by atoms with van der Waals surface area (Å²) in [5, 5.41) is 5.08. The van der Waals surface area contributed by atoms with Gasteiger partial charge in [0.25, 0.3) is 5.91 Å². The number of amides is 3. The van der Waals surface area contributed by atoms with Gasteiger partial charge in [-0.2, -0.15) is 0 Å². The molecule has 8 nitrogen and oxygen atoms in total. The lowest BCUT2D eigenvalue weighted by Gasteiger charge is -2.40. The van der Waals surface area contributed by atoms with Crippen LogP contribution >= 0.6 is 0 Å². The quantitative estimate of drug-likeness (QED) is 0.264. The first-order chi connectivity index (χ1) is 15.2. The highest BCUT2D eigenvalue weighted by Crippen LogP contribution is 2.39. The molecule has 176 valence electrons. The van der Waals surface area contributed by atoms with Crippen LogP contribution in [0.3, 0.4) is 0 Å². The number of ketones is 1. The topological polar surface area (TPSA) is 122 Å². The van der Waals surface area contributed by atoms with Crippen molar-refractivity contribution in [2.45, 2.75) is 82.8 Å². The van der Waals surface area contributed by atoms with Crippen LogP contribution in [0.2, 0.25) is 0 Å². The highest BCUT2D eigenvalue weighted by atomic mass is 16.2. The normalized spacial score (nSPS) is 21.7. The zero-order chi connectivity index (χ0) is 23.7. The van der Waals surface area contributed by atoms with Gasteiger partial charge in [0.1, 0.15) is 6.04 Å². The van der Waals surface area contributed by atoms with Crippen molar-refractivity contribution >= 4 is 23.5 Å².